The van der Waals surface area contributed by atoms with Gasteiger partial charge in [0.05, 0.1) is 40.9 Å². The molecule has 2 saturated heterocycles. The first-order valence-corrected chi connectivity index (χ1v) is 10.9. The number of rotatable bonds is 5. The highest BCUT2D eigenvalue weighted by Crippen LogP contribution is 2.54. The number of nitrogens with zero attached hydrogens (tertiary/aromatic N) is 1. The Bertz CT molecular complexity index is 796. The number of hydrogen-bond acceptors (Lipinski definition) is 4. The van der Waals surface area contributed by atoms with Crippen molar-refractivity contribution in [2.45, 2.75) is 65.7 Å². The fourth-order valence-corrected chi connectivity index (χ4v) is 4.15. The minimum atomic E-state index is -0.984. The molecule has 0 amide bonds. The van der Waals surface area contributed by atoms with E-state index < -0.39 is 11.2 Å². The summed E-state index contributed by atoms with van der Waals surface area (Å²) in [7, 11) is 1.68. The molecule has 0 bridgehead atoms. The normalized spacial score (nSPS) is 21.6. The third kappa shape index (κ3) is 4.38. The molecule has 4 nitrogen and oxygen atoms in total. The van der Waals surface area contributed by atoms with E-state index in [1.165, 1.54) is 0 Å². The molecule has 1 spiro atoms. The van der Waals surface area contributed by atoms with Crippen molar-refractivity contribution in [3.05, 3.63) is 28.8 Å². The molecule has 2 aliphatic heterocycles. The number of likely N-dealkylation sites (tertiary alicyclic amines) is 1. The van der Waals surface area contributed by atoms with Gasteiger partial charge in [0.25, 0.3) is 0 Å². The van der Waals surface area contributed by atoms with E-state index in [9.17, 15) is 5.11 Å². The van der Waals surface area contributed by atoms with Gasteiger partial charge in [-0.3, -0.25) is 0 Å². The topological polar surface area (TPSA) is 41.9 Å². The molecule has 0 aliphatic carbocycles. The lowest BCUT2D eigenvalue weighted by atomic mass is 9.65. The summed E-state index contributed by atoms with van der Waals surface area (Å²) in [6, 6.07) is 6.15. The van der Waals surface area contributed by atoms with Crippen LogP contribution in [0.4, 0.5) is 0 Å². The van der Waals surface area contributed by atoms with Crippen molar-refractivity contribution < 1.29 is 14.5 Å². The van der Waals surface area contributed by atoms with Gasteiger partial charge in [-0.25, -0.2) is 0 Å². The number of benzene rings is 1. The minimum Gasteiger partial charge on any atom is -0.427 e. The fraction of sp³-hybridized carbons (Fsp3) is 0.682. The van der Waals surface area contributed by atoms with E-state index in [4.69, 9.17) is 33.2 Å². The second-order valence-electron chi connectivity index (χ2n) is 10.6. The molecule has 2 heterocycles. The lowest BCUT2D eigenvalue weighted by molar-refractivity contribution is -0.210. The van der Waals surface area contributed by atoms with Gasteiger partial charge in [0.1, 0.15) is 0 Å². The van der Waals surface area contributed by atoms with E-state index in [0.717, 1.165) is 35.8 Å². The summed E-state index contributed by atoms with van der Waals surface area (Å²) in [6.45, 7) is 16.1. The van der Waals surface area contributed by atoms with Crippen LogP contribution in [-0.4, -0.2) is 53.4 Å². The van der Waals surface area contributed by atoms with Crippen LogP contribution in [0.3, 0.4) is 0 Å². The van der Waals surface area contributed by atoms with E-state index in [0.29, 0.717) is 5.02 Å². The van der Waals surface area contributed by atoms with Crippen LogP contribution in [0, 0.1) is 10.8 Å². The lowest BCUT2D eigenvalue weighted by Crippen LogP contribution is -2.69. The third-order valence-electron chi connectivity index (χ3n) is 6.28. The maximum absolute atomic E-state index is 10.3. The molecule has 7 heteroatoms. The Kier molecular flexibility index (Phi) is 5.94. The summed E-state index contributed by atoms with van der Waals surface area (Å²) in [5.74, 6) is 0. The van der Waals surface area contributed by atoms with Crippen LogP contribution < -0.4 is 5.46 Å². The summed E-state index contributed by atoms with van der Waals surface area (Å²) in [5.41, 5.74) is 0.289. The van der Waals surface area contributed by atoms with E-state index in [1.54, 1.807) is 21.3 Å². The van der Waals surface area contributed by atoms with Crippen molar-refractivity contribution in [1.82, 2.24) is 4.90 Å². The molecule has 1 unspecified atom stereocenters. The Morgan fingerprint density at radius 2 is 1.83 bits per heavy atom. The lowest BCUT2D eigenvalue weighted by Gasteiger charge is -2.63. The van der Waals surface area contributed by atoms with Gasteiger partial charge >= 0.3 is 7.48 Å². The molecule has 0 aromatic heterocycles. The van der Waals surface area contributed by atoms with Gasteiger partial charge in [-0.05, 0) is 45.4 Å². The number of hydrogen-bond donors (Lipinski definition) is 1. The standard InChI is InChI=1S/C22H32BClNO3S/c1-19(2,3)18(29)25-11-22(12-27-13-22)17(25)14-8-15(10-16(24)9-14)23-28-21(6,7)20(4,5)26/h8-10,17,26H,11-13H2,1-7H3. The predicted octanol–water partition coefficient (Wildman–Crippen LogP) is 3.90. The molecule has 2 fully saturated rings. The monoisotopic (exact) mass is 436 g/mol. The highest BCUT2D eigenvalue weighted by atomic mass is 35.5. The first kappa shape index (κ1) is 23.0. The number of ether oxygens (including phenoxy) is 1. The van der Waals surface area contributed by atoms with Gasteiger partial charge in [-0.2, -0.15) is 0 Å². The predicted molar refractivity (Wildman–Crippen MR) is 123 cm³/mol. The maximum Gasteiger partial charge on any atom is 0.330 e. The quantitative estimate of drug-likeness (QED) is 0.560. The molecule has 29 heavy (non-hydrogen) atoms. The van der Waals surface area contributed by atoms with Gasteiger partial charge in [0.15, 0.2) is 0 Å². The van der Waals surface area contributed by atoms with Crippen LogP contribution in [0.15, 0.2) is 18.2 Å². The zero-order chi connectivity index (χ0) is 21.8. The smallest absolute Gasteiger partial charge is 0.330 e. The molecule has 0 saturated carbocycles. The fourth-order valence-electron chi connectivity index (χ4n) is 3.72. The summed E-state index contributed by atoms with van der Waals surface area (Å²) in [5, 5.41) is 11.0. The minimum absolute atomic E-state index is 0.0762. The van der Waals surface area contributed by atoms with E-state index in [-0.39, 0.29) is 16.9 Å². The summed E-state index contributed by atoms with van der Waals surface area (Å²) >= 11 is 12.3. The van der Waals surface area contributed by atoms with Crippen LogP contribution in [0.1, 0.15) is 60.1 Å². The first-order chi connectivity index (χ1) is 13.2. The van der Waals surface area contributed by atoms with Crippen molar-refractivity contribution in [2.75, 3.05) is 19.8 Å². The largest absolute Gasteiger partial charge is 0.427 e. The zero-order valence-corrected chi connectivity index (χ0v) is 20.1. The summed E-state index contributed by atoms with van der Waals surface area (Å²) in [6.07, 6.45) is 0. The Morgan fingerprint density at radius 3 is 2.31 bits per heavy atom. The van der Waals surface area contributed by atoms with E-state index in [2.05, 4.69) is 31.7 Å². The number of aliphatic hydroxyl groups is 1. The Balaban J connectivity index is 1.86. The average Bonchev–Trinajstić information content (AvgIpc) is 2.48. The summed E-state index contributed by atoms with van der Waals surface area (Å²) in [4.78, 5) is 3.28. The van der Waals surface area contributed by atoms with Crippen molar-refractivity contribution >= 4 is 41.8 Å². The Morgan fingerprint density at radius 1 is 1.21 bits per heavy atom. The zero-order valence-electron chi connectivity index (χ0n) is 18.5. The van der Waals surface area contributed by atoms with Crippen LogP contribution in [0.25, 0.3) is 0 Å². The highest BCUT2D eigenvalue weighted by molar-refractivity contribution is 7.80. The summed E-state index contributed by atoms with van der Waals surface area (Å²) < 4.78 is 11.5. The molecular formula is C22H32BClNO3S. The third-order valence-corrected chi connectivity index (χ3v) is 7.34. The van der Waals surface area contributed by atoms with Gasteiger partial charge in [0.2, 0.25) is 0 Å². The number of thiocarbonyl (C=S) groups is 1. The molecule has 2 aliphatic rings. The number of halogens is 1. The van der Waals surface area contributed by atoms with Gasteiger partial charge < -0.3 is 19.4 Å². The van der Waals surface area contributed by atoms with Crippen molar-refractivity contribution in [1.29, 1.82) is 0 Å². The van der Waals surface area contributed by atoms with Crippen LogP contribution in [0.2, 0.25) is 5.02 Å². The van der Waals surface area contributed by atoms with Gasteiger partial charge in [-0.1, -0.05) is 56.1 Å². The van der Waals surface area contributed by atoms with Crippen LogP contribution in [-0.2, 0) is 9.39 Å². The van der Waals surface area contributed by atoms with Crippen molar-refractivity contribution in [2.24, 2.45) is 10.8 Å². The van der Waals surface area contributed by atoms with Crippen molar-refractivity contribution in [3.8, 4) is 0 Å². The second-order valence-corrected chi connectivity index (χ2v) is 11.4. The van der Waals surface area contributed by atoms with E-state index in [1.807, 2.05) is 26.0 Å². The molecule has 159 valence electrons. The maximum atomic E-state index is 10.3. The van der Waals surface area contributed by atoms with Crippen molar-refractivity contribution in [3.63, 3.8) is 0 Å². The molecule has 1 radical (unpaired) electrons. The Hall–Kier alpha value is -0.655. The highest BCUT2D eigenvalue weighted by Gasteiger charge is 2.59. The van der Waals surface area contributed by atoms with Crippen LogP contribution >= 0.6 is 23.8 Å². The van der Waals surface area contributed by atoms with Gasteiger partial charge in [0, 0.05) is 17.0 Å². The molecule has 3 rings (SSSR count). The molecule has 1 atom stereocenters. The Labute approximate surface area is 186 Å². The van der Waals surface area contributed by atoms with Gasteiger partial charge in [-0.15, -0.1) is 0 Å². The molecule has 1 N–H and O–H groups in total. The first-order valence-electron chi connectivity index (χ1n) is 10.1. The molecule has 1 aromatic carbocycles. The SMILES string of the molecule is CC(C)(C)C(=S)N1CC2(COC2)C1c1cc(Cl)cc([B]OC(C)(C)C(C)(C)O)c1. The molecular weight excluding hydrogens is 405 g/mol. The molecule has 1 aromatic rings. The van der Waals surface area contributed by atoms with E-state index >= 15 is 0 Å². The van der Waals surface area contributed by atoms with Crippen LogP contribution in [0.5, 0.6) is 0 Å². The second kappa shape index (κ2) is 7.49. The average molecular weight is 437 g/mol.